The lowest BCUT2D eigenvalue weighted by molar-refractivity contribution is 0.0248. The lowest BCUT2D eigenvalue weighted by atomic mass is 10.2. The summed E-state index contributed by atoms with van der Waals surface area (Å²) in [5.41, 5.74) is 7.72. The molecule has 0 spiro atoms. The maximum absolute atomic E-state index is 5.41. The lowest BCUT2D eigenvalue weighted by Crippen LogP contribution is -2.50. The van der Waals surface area contributed by atoms with Crippen LogP contribution in [0.1, 0.15) is 11.1 Å². The zero-order chi connectivity index (χ0) is 16.8. The average Bonchev–Trinajstić information content (AvgIpc) is 2.60. The van der Waals surface area contributed by atoms with E-state index in [0.29, 0.717) is 0 Å². The van der Waals surface area contributed by atoms with Crippen LogP contribution in [-0.2, 0) is 4.74 Å². The lowest BCUT2D eigenvalue weighted by Gasteiger charge is -2.29. The van der Waals surface area contributed by atoms with Crippen molar-refractivity contribution in [1.29, 1.82) is 0 Å². The Balaban J connectivity index is 1.85. The highest BCUT2D eigenvalue weighted by molar-refractivity contribution is 5.95. The number of ether oxygens (including phenoxy) is 1. The Morgan fingerprint density at radius 1 is 0.958 bits per heavy atom. The van der Waals surface area contributed by atoms with Crippen molar-refractivity contribution in [3.63, 3.8) is 0 Å². The molecular weight excluding hydrogens is 300 g/mol. The van der Waals surface area contributed by atoms with E-state index >= 15 is 0 Å². The van der Waals surface area contributed by atoms with Crippen molar-refractivity contribution in [3.05, 3.63) is 59.7 Å². The van der Waals surface area contributed by atoms with E-state index in [2.05, 4.69) is 47.8 Å². The molecule has 1 aliphatic heterocycles. The number of benzene rings is 2. The number of nitrogens with zero attached hydrogens (tertiary/aromatic N) is 2. The minimum Gasteiger partial charge on any atom is -0.379 e. The molecule has 0 bridgehead atoms. The number of aryl methyl sites for hydroxylation is 2. The minimum absolute atomic E-state index is 0.723. The molecule has 3 rings (SSSR count). The van der Waals surface area contributed by atoms with E-state index in [1.54, 1.807) is 0 Å². The molecule has 1 saturated heterocycles. The van der Waals surface area contributed by atoms with Crippen LogP contribution in [0.3, 0.4) is 0 Å². The Kier molecular flexibility index (Phi) is 5.46. The zero-order valence-corrected chi connectivity index (χ0v) is 14.2. The summed E-state index contributed by atoms with van der Waals surface area (Å²) in [6.45, 7) is 7.29. The Morgan fingerprint density at radius 3 is 2.33 bits per heavy atom. The molecule has 1 heterocycles. The fraction of sp³-hybridized carbons (Fsp3) is 0.316. The Labute approximate surface area is 143 Å². The van der Waals surface area contributed by atoms with Crippen LogP contribution in [0.15, 0.2) is 53.5 Å². The number of hydrazine groups is 1. The second kappa shape index (κ2) is 7.95. The third kappa shape index (κ3) is 4.34. The van der Waals surface area contributed by atoms with Crippen LogP contribution in [0.4, 0.5) is 11.4 Å². The second-order valence-corrected chi connectivity index (χ2v) is 5.90. The van der Waals surface area contributed by atoms with Gasteiger partial charge in [0.2, 0.25) is 5.96 Å². The van der Waals surface area contributed by atoms with E-state index in [1.165, 1.54) is 5.56 Å². The van der Waals surface area contributed by atoms with Gasteiger partial charge in [-0.3, -0.25) is 5.43 Å². The third-order valence-electron chi connectivity index (χ3n) is 4.02. The summed E-state index contributed by atoms with van der Waals surface area (Å²) in [6, 6.07) is 16.3. The predicted octanol–water partition coefficient (Wildman–Crippen LogP) is 3.24. The molecule has 126 valence electrons. The number of morpholine rings is 1. The molecule has 2 aromatic rings. The van der Waals surface area contributed by atoms with Gasteiger partial charge in [-0.05, 0) is 37.1 Å². The van der Waals surface area contributed by atoms with E-state index < -0.39 is 0 Å². The van der Waals surface area contributed by atoms with E-state index in [1.807, 2.05) is 30.3 Å². The third-order valence-corrected chi connectivity index (χ3v) is 4.02. The van der Waals surface area contributed by atoms with Crippen LogP contribution in [0.2, 0.25) is 0 Å². The first-order valence-corrected chi connectivity index (χ1v) is 8.29. The van der Waals surface area contributed by atoms with E-state index in [4.69, 9.17) is 9.73 Å². The molecule has 2 aromatic carbocycles. The molecule has 0 saturated carbocycles. The number of aliphatic imine (C=N–C) groups is 1. The molecule has 0 atom stereocenters. The molecule has 1 aliphatic rings. The SMILES string of the molecule is Cc1ccccc1N=C(Nc1ccccc1C)NN1CCOCC1. The Bertz CT molecular complexity index is 708. The monoisotopic (exact) mass is 324 g/mol. The summed E-state index contributed by atoms with van der Waals surface area (Å²) in [5, 5.41) is 5.56. The molecule has 1 fully saturated rings. The first-order valence-electron chi connectivity index (χ1n) is 8.29. The van der Waals surface area contributed by atoms with Gasteiger partial charge < -0.3 is 10.1 Å². The second-order valence-electron chi connectivity index (χ2n) is 5.90. The number of anilines is 1. The molecule has 0 aliphatic carbocycles. The van der Waals surface area contributed by atoms with E-state index in [0.717, 1.165) is 49.2 Å². The maximum Gasteiger partial charge on any atom is 0.215 e. The van der Waals surface area contributed by atoms with Gasteiger partial charge in [-0.1, -0.05) is 36.4 Å². The number of hydrogen-bond acceptors (Lipinski definition) is 3. The summed E-state index contributed by atoms with van der Waals surface area (Å²) in [4.78, 5) is 4.80. The van der Waals surface area contributed by atoms with Crippen LogP contribution in [0.5, 0.6) is 0 Å². The summed E-state index contributed by atoms with van der Waals surface area (Å²) in [5.74, 6) is 0.723. The summed E-state index contributed by atoms with van der Waals surface area (Å²) in [7, 11) is 0. The van der Waals surface area contributed by atoms with Gasteiger partial charge in [-0.25, -0.2) is 10.0 Å². The molecule has 0 amide bonds. The fourth-order valence-corrected chi connectivity index (χ4v) is 2.56. The van der Waals surface area contributed by atoms with Crippen LogP contribution in [-0.4, -0.2) is 37.3 Å². The summed E-state index contributed by atoms with van der Waals surface area (Å²) >= 11 is 0. The van der Waals surface area contributed by atoms with Gasteiger partial charge in [0.05, 0.1) is 18.9 Å². The average molecular weight is 324 g/mol. The van der Waals surface area contributed by atoms with Gasteiger partial charge in [-0.15, -0.1) is 0 Å². The van der Waals surface area contributed by atoms with Gasteiger partial charge >= 0.3 is 0 Å². The Hall–Kier alpha value is -2.37. The molecule has 0 aromatic heterocycles. The molecule has 5 nitrogen and oxygen atoms in total. The summed E-state index contributed by atoms with van der Waals surface area (Å²) < 4.78 is 5.41. The first kappa shape index (κ1) is 16.5. The highest BCUT2D eigenvalue weighted by Gasteiger charge is 2.13. The molecule has 0 unspecified atom stereocenters. The number of guanidine groups is 1. The molecule has 5 heteroatoms. The van der Waals surface area contributed by atoms with Crippen LogP contribution in [0.25, 0.3) is 0 Å². The van der Waals surface area contributed by atoms with Crippen LogP contribution < -0.4 is 10.7 Å². The highest BCUT2D eigenvalue weighted by Crippen LogP contribution is 2.19. The van der Waals surface area contributed by atoms with Crippen molar-refractivity contribution in [3.8, 4) is 0 Å². The number of hydrogen-bond donors (Lipinski definition) is 2. The van der Waals surface area contributed by atoms with Gasteiger partial charge in [0, 0.05) is 18.8 Å². The molecule has 2 N–H and O–H groups in total. The largest absolute Gasteiger partial charge is 0.379 e. The highest BCUT2D eigenvalue weighted by atomic mass is 16.5. The summed E-state index contributed by atoms with van der Waals surface area (Å²) in [6.07, 6.45) is 0. The van der Waals surface area contributed by atoms with Crippen LogP contribution in [0, 0.1) is 13.8 Å². The van der Waals surface area contributed by atoms with E-state index in [-0.39, 0.29) is 0 Å². The van der Waals surface area contributed by atoms with Gasteiger partial charge in [0.1, 0.15) is 0 Å². The molecule has 24 heavy (non-hydrogen) atoms. The van der Waals surface area contributed by atoms with Crippen molar-refractivity contribution in [2.75, 3.05) is 31.6 Å². The molecular formula is C19H24N4O. The van der Waals surface area contributed by atoms with Crippen LogP contribution >= 0.6 is 0 Å². The van der Waals surface area contributed by atoms with Gasteiger partial charge in [0.25, 0.3) is 0 Å². The first-order chi connectivity index (χ1) is 11.7. The van der Waals surface area contributed by atoms with Crippen molar-refractivity contribution in [2.24, 2.45) is 4.99 Å². The minimum atomic E-state index is 0.723. The van der Waals surface area contributed by atoms with Crippen molar-refractivity contribution in [1.82, 2.24) is 10.4 Å². The number of para-hydroxylation sites is 2. The number of rotatable bonds is 3. The van der Waals surface area contributed by atoms with Gasteiger partial charge in [-0.2, -0.15) is 0 Å². The fourth-order valence-electron chi connectivity index (χ4n) is 2.56. The number of nitrogens with one attached hydrogen (secondary N) is 2. The Morgan fingerprint density at radius 2 is 1.62 bits per heavy atom. The zero-order valence-electron chi connectivity index (χ0n) is 14.2. The predicted molar refractivity (Wildman–Crippen MR) is 98.6 cm³/mol. The van der Waals surface area contributed by atoms with Gasteiger partial charge in [0.15, 0.2) is 0 Å². The maximum atomic E-state index is 5.41. The van der Waals surface area contributed by atoms with Crippen molar-refractivity contribution in [2.45, 2.75) is 13.8 Å². The quantitative estimate of drug-likeness (QED) is 0.672. The van der Waals surface area contributed by atoms with Crippen molar-refractivity contribution >= 4 is 17.3 Å². The topological polar surface area (TPSA) is 48.9 Å². The van der Waals surface area contributed by atoms with E-state index in [9.17, 15) is 0 Å². The smallest absolute Gasteiger partial charge is 0.215 e. The normalized spacial score (nSPS) is 16.0. The standard InChI is InChI=1S/C19H24N4O/c1-15-7-3-5-9-17(15)20-19(22-23-11-13-24-14-12-23)21-18-10-6-4-8-16(18)2/h3-10H,11-14H2,1-2H3,(H2,20,21,22). The van der Waals surface area contributed by atoms with Crippen molar-refractivity contribution < 1.29 is 4.74 Å². The molecule has 0 radical (unpaired) electrons.